The predicted molar refractivity (Wildman–Crippen MR) is 69.0 cm³/mol. The molecule has 0 spiro atoms. The van der Waals surface area contributed by atoms with Gasteiger partial charge in [0.1, 0.15) is 5.60 Å². The number of esters is 1. The normalized spacial score (nSPS) is 23.9. The fraction of sp³-hybridized carbons (Fsp3) is 0.833. The molecule has 0 saturated carbocycles. The third-order valence-corrected chi connectivity index (χ3v) is 2.67. The highest BCUT2D eigenvalue weighted by Crippen LogP contribution is 2.19. The van der Waals surface area contributed by atoms with Gasteiger partial charge in [-0.1, -0.05) is 11.6 Å². The van der Waals surface area contributed by atoms with E-state index in [0.29, 0.717) is 6.61 Å². The first kappa shape index (κ1) is 16.0. The van der Waals surface area contributed by atoms with Gasteiger partial charge in [0.05, 0.1) is 12.7 Å². The summed E-state index contributed by atoms with van der Waals surface area (Å²) in [6, 6.07) is -1.09. The monoisotopic (exact) mass is 293 g/mol. The first-order valence-corrected chi connectivity index (χ1v) is 6.63. The summed E-state index contributed by atoms with van der Waals surface area (Å²) in [5, 5.41) is 0. The molecule has 1 amide bonds. The van der Waals surface area contributed by atoms with Gasteiger partial charge >= 0.3 is 12.1 Å². The summed E-state index contributed by atoms with van der Waals surface area (Å²) in [5.41, 5.74) is -0.625. The molecule has 1 heterocycles. The van der Waals surface area contributed by atoms with Gasteiger partial charge in [-0.25, -0.2) is 9.59 Å². The van der Waals surface area contributed by atoms with Gasteiger partial charge in [0.25, 0.3) is 0 Å². The van der Waals surface area contributed by atoms with E-state index in [1.54, 1.807) is 27.7 Å². The molecule has 0 N–H and O–H groups in total. The van der Waals surface area contributed by atoms with Crippen molar-refractivity contribution in [3.8, 4) is 0 Å². The van der Waals surface area contributed by atoms with Crippen molar-refractivity contribution in [3.05, 3.63) is 0 Å². The van der Waals surface area contributed by atoms with Gasteiger partial charge in [0.15, 0.2) is 12.1 Å². The Bertz CT molecular complexity index is 342. The number of alkyl halides is 1. The van der Waals surface area contributed by atoms with Crippen molar-refractivity contribution in [1.29, 1.82) is 0 Å². The maximum Gasteiger partial charge on any atom is 0.411 e. The highest BCUT2D eigenvalue weighted by molar-refractivity contribution is 6.17. The quantitative estimate of drug-likeness (QED) is 0.573. The van der Waals surface area contributed by atoms with Crippen LogP contribution in [0.2, 0.25) is 0 Å². The Labute approximate surface area is 117 Å². The van der Waals surface area contributed by atoms with Crippen LogP contribution in [0.15, 0.2) is 0 Å². The molecular formula is C12H20ClNO5. The van der Waals surface area contributed by atoms with Gasteiger partial charge in [-0.15, -0.1) is 0 Å². The standard InChI is InChI=1S/C12H20ClNO5/c1-8-9(10(15)18-7-13)14(5-6-17-8)11(16)19-12(2,3)4/h8-9H,5-7H2,1-4H3. The molecule has 0 aromatic carbocycles. The van der Waals surface area contributed by atoms with Crippen LogP contribution >= 0.6 is 11.6 Å². The van der Waals surface area contributed by atoms with E-state index >= 15 is 0 Å². The van der Waals surface area contributed by atoms with Crippen LogP contribution in [0.1, 0.15) is 27.7 Å². The highest BCUT2D eigenvalue weighted by atomic mass is 35.5. The summed E-state index contributed by atoms with van der Waals surface area (Å²) in [5.74, 6) is -0.590. The topological polar surface area (TPSA) is 65.1 Å². The van der Waals surface area contributed by atoms with Crippen molar-refractivity contribution in [2.75, 3.05) is 19.2 Å². The molecule has 7 heteroatoms. The molecule has 0 aromatic rings. The lowest BCUT2D eigenvalue weighted by molar-refractivity contribution is -0.159. The maximum absolute atomic E-state index is 12.1. The smallest absolute Gasteiger partial charge is 0.411 e. The molecule has 0 bridgehead atoms. The lowest BCUT2D eigenvalue weighted by Gasteiger charge is -2.38. The summed E-state index contributed by atoms with van der Waals surface area (Å²) in [7, 11) is 0. The third-order valence-electron chi connectivity index (χ3n) is 2.56. The molecule has 1 aliphatic heterocycles. The van der Waals surface area contributed by atoms with Crippen LogP contribution in [0.25, 0.3) is 0 Å². The number of halogens is 1. The zero-order chi connectivity index (χ0) is 14.6. The molecule has 19 heavy (non-hydrogen) atoms. The molecule has 1 aliphatic rings. The number of rotatable bonds is 2. The van der Waals surface area contributed by atoms with E-state index in [4.69, 9.17) is 25.8 Å². The molecule has 1 rings (SSSR count). The first-order valence-electron chi connectivity index (χ1n) is 6.10. The average Bonchev–Trinajstić information content (AvgIpc) is 2.26. The zero-order valence-electron chi connectivity index (χ0n) is 11.6. The van der Waals surface area contributed by atoms with Crippen LogP contribution in [0.4, 0.5) is 4.79 Å². The molecule has 6 nitrogen and oxygen atoms in total. The maximum atomic E-state index is 12.1. The highest BCUT2D eigenvalue weighted by Gasteiger charge is 2.40. The van der Waals surface area contributed by atoms with Crippen LogP contribution in [-0.4, -0.2) is 53.9 Å². The van der Waals surface area contributed by atoms with Gasteiger partial charge in [-0.2, -0.15) is 0 Å². The van der Waals surface area contributed by atoms with Crippen LogP contribution in [0.3, 0.4) is 0 Å². The van der Waals surface area contributed by atoms with Crippen molar-refractivity contribution < 1.29 is 23.8 Å². The zero-order valence-corrected chi connectivity index (χ0v) is 12.4. The fourth-order valence-corrected chi connectivity index (χ4v) is 1.91. The minimum atomic E-state index is -0.831. The second-order valence-electron chi connectivity index (χ2n) is 5.27. The Morgan fingerprint density at radius 2 is 2.05 bits per heavy atom. The number of carbonyl (C=O) groups is 2. The van der Waals surface area contributed by atoms with Gasteiger partial charge < -0.3 is 14.2 Å². The lowest BCUT2D eigenvalue weighted by atomic mass is 10.1. The summed E-state index contributed by atoms with van der Waals surface area (Å²) >= 11 is 5.38. The van der Waals surface area contributed by atoms with Crippen molar-refractivity contribution in [1.82, 2.24) is 4.90 Å². The number of morpholine rings is 1. The number of carbonyl (C=O) groups excluding carboxylic acids is 2. The van der Waals surface area contributed by atoms with E-state index in [1.165, 1.54) is 4.90 Å². The summed E-state index contributed by atoms with van der Waals surface area (Å²) in [6.45, 7) is 7.63. The van der Waals surface area contributed by atoms with Crippen LogP contribution < -0.4 is 0 Å². The predicted octanol–water partition coefficient (Wildman–Crippen LogP) is 1.75. The molecule has 2 unspecified atom stereocenters. The van der Waals surface area contributed by atoms with Crippen LogP contribution in [-0.2, 0) is 19.0 Å². The summed E-state index contributed by atoms with van der Waals surface area (Å²) < 4.78 is 15.4. The number of ether oxygens (including phenoxy) is 3. The van der Waals surface area contributed by atoms with Crippen molar-refractivity contribution in [2.24, 2.45) is 0 Å². The third kappa shape index (κ3) is 4.54. The second kappa shape index (κ2) is 6.43. The van der Waals surface area contributed by atoms with Crippen LogP contribution in [0.5, 0.6) is 0 Å². The summed E-state index contributed by atoms with van der Waals surface area (Å²) in [4.78, 5) is 25.3. The lowest BCUT2D eigenvalue weighted by Crippen LogP contribution is -2.57. The average molecular weight is 294 g/mol. The Kier molecular flexibility index (Phi) is 5.43. The van der Waals surface area contributed by atoms with Gasteiger partial charge in [0.2, 0.25) is 0 Å². The number of hydrogen-bond donors (Lipinski definition) is 0. The molecule has 0 aromatic heterocycles. The first-order chi connectivity index (χ1) is 8.76. The number of nitrogens with zero attached hydrogens (tertiary/aromatic N) is 1. The molecule has 1 fully saturated rings. The minimum absolute atomic E-state index is 0.260. The Balaban J connectivity index is 2.82. The van der Waals surface area contributed by atoms with E-state index in [0.717, 1.165) is 0 Å². The van der Waals surface area contributed by atoms with E-state index in [-0.39, 0.29) is 12.6 Å². The van der Waals surface area contributed by atoms with Crippen molar-refractivity contribution in [2.45, 2.75) is 45.4 Å². The molecule has 0 radical (unpaired) electrons. The van der Waals surface area contributed by atoms with Crippen molar-refractivity contribution >= 4 is 23.7 Å². The number of hydrogen-bond acceptors (Lipinski definition) is 5. The van der Waals surface area contributed by atoms with E-state index in [1.807, 2.05) is 0 Å². The van der Waals surface area contributed by atoms with Gasteiger partial charge in [0, 0.05) is 6.54 Å². The second-order valence-corrected chi connectivity index (χ2v) is 5.49. The van der Waals surface area contributed by atoms with E-state index in [9.17, 15) is 9.59 Å². The summed E-state index contributed by atoms with van der Waals surface area (Å²) in [6.07, 6.45) is -1.02. The van der Waals surface area contributed by atoms with E-state index < -0.39 is 29.8 Å². The van der Waals surface area contributed by atoms with Gasteiger partial charge in [-0.3, -0.25) is 4.90 Å². The van der Waals surface area contributed by atoms with E-state index in [2.05, 4.69) is 0 Å². The fourth-order valence-electron chi connectivity index (χ4n) is 1.80. The minimum Gasteiger partial charge on any atom is -0.448 e. The molecule has 2 atom stereocenters. The Morgan fingerprint density at radius 3 is 2.58 bits per heavy atom. The molecule has 1 saturated heterocycles. The molecule has 0 aliphatic carbocycles. The SMILES string of the molecule is CC1OCCN(C(=O)OC(C)(C)C)C1C(=O)OCCl. The molecule has 110 valence electrons. The Morgan fingerprint density at radius 1 is 1.42 bits per heavy atom. The van der Waals surface area contributed by atoms with Crippen LogP contribution in [0, 0.1) is 0 Å². The van der Waals surface area contributed by atoms with Crippen molar-refractivity contribution in [3.63, 3.8) is 0 Å². The largest absolute Gasteiger partial charge is 0.448 e. The molecular weight excluding hydrogens is 274 g/mol. The van der Waals surface area contributed by atoms with Gasteiger partial charge in [-0.05, 0) is 27.7 Å². The Hall–Kier alpha value is -1.01. The number of amides is 1.